The first-order valence-electron chi connectivity index (χ1n) is 38.3. The molecule has 14 heteroatoms. The maximum absolute atomic E-state index is 13.4. The van der Waals surface area contributed by atoms with Crippen LogP contribution in [-0.4, -0.2) is 140 Å². The van der Waals surface area contributed by atoms with Crippen molar-refractivity contribution in [3.05, 3.63) is 122 Å². The molecule has 9 N–H and O–H groups in total. The van der Waals surface area contributed by atoms with E-state index in [2.05, 4.69) is 129 Å². The van der Waals surface area contributed by atoms with Gasteiger partial charge in [-0.3, -0.25) is 4.79 Å². The van der Waals surface area contributed by atoms with Crippen LogP contribution >= 0.6 is 0 Å². The van der Waals surface area contributed by atoms with Crippen LogP contribution in [0.2, 0.25) is 0 Å². The van der Waals surface area contributed by atoms with Crippen molar-refractivity contribution >= 4 is 5.91 Å². The van der Waals surface area contributed by atoms with Gasteiger partial charge in [0.1, 0.15) is 48.8 Å². The number of aliphatic hydroxyl groups is 8. The normalized spacial score (nSPS) is 23.1. The summed E-state index contributed by atoms with van der Waals surface area (Å²) in [5.41, 5.74) is 0. The molecule has 12 atom stereocenters. The molecule has 12 unspecified atom stereocenters. The van der Waals surface area contributed by atoms with Gasteiger partial charge in [-0.1, -0.05) is 309 Å². The number of amides is 1. The average Bonchev–Trinajstić information content (AvgIpc) is 0.801. The summed E-state index contributed by atoms with van der Waals surface area (Å²) < 4.78 is 22.9. The Hall–Kier alpha value is -3.61. The third-order valence-electron chi connectivity index (χ3n) is 17.9. The fourth-order valence-corrected chi connectivity index (χ4v) is 11.9. The second-order valence-electron chi connectivity index (χ2n) is 26.4. The number of unbranched alkanes of at least 4 members (excludes halogenated alkanes) is 31. The van der Waals surface area contributed by atoms with E-state index in [1.807, 2.05) is 6.08 Å². The first-order valence-corrected chi connectivity index (χ1v) is 38.3. The van der Waals surface area contributed by atoms with Gasteiger partial charge in [0.25, 0.3) is 0 Å². The Balaban J connectivity index is 1.63. The van der Waals surface area contributed by atoms with Crippen LogP contribution in [0.25, 0.3) is 0 Å². The van der Waals surface area contributed by atoms with Gasteiger partial charge in [0.2, 0.25) is 5.91 Å². The van der Waals surface area contributed by atoms with E-state index in [4.69, 9.17) is 18.9 Å². The number of allylic oxidation sites excluding steroid dienone is 19. The van der Waals surface area contributed by atoms with Crippen molar-refractivity contribution in [2.45, 2.75) is 364 Å². The Morgan fingerprint density at radius 2 is 0.737 bits per heavy atom. The lowest BCUT2D eigenvalue weighted by atomic mass is 9.97. The summed E-state index contributed by atoms with van der Waals surface area (Å²) in [5.74, 6) is -0.251. The standard InChI is InChI=1S/C81H139NO13/c1-3-5-7-9-11-13-15-17-19-21-23-25-27-28-29-30-31-32-33-34-35-36-37-38-39-40-41-42-43-45-47-49-51-53-55-57-59-61-63-65-73(86)82-69(68-92-80-78(91)76(89)79(72(67-84)94-80)95-81-77(90)75(88)74(87)71(66-83)93-81)70(85)64-62-60-58-56-54-52-50-48-46-44-26-24-22-20-18-16-14-12-10-8-6-4-2/h5,7,11,13,17,19,23,25,28-29,31-32,34-35,37-38,54,56,62,64,69-72,74-81,83-85,87-91H,3-4,6,8-10,12,14-16,18,20-22,24,26-27,30,33,36,39-53,55,57-61,63,65-68H2,1-2H3,(H,82,86)/b7-5-,13-11-,19-17-,25-23-,29-28-,32-31-,35-34-,38-37-,56-54+,64-62+. The molecule has 0 aromatic rings. The lowest BCUT2D eigenvalue weighted by Gasteiger charge is -2.46. The third kappa shape index (κ3) is 47.1. The van der Waals surface area contributed by atoms with Crippen molar-refractivity contribution in [2.24, 2.45) is 0 Å². The zero-order chi connectivity index (χ0) is 68.7. The molecule has 0 aromatic carbocycles. The maximum atomic E-state index is 13.4. The minimum absolute atomic E-state index is 0.251. The third-order valence-corrected chi connectivity index (χ3v) is 17.9. The van der Waals surface area contributed by atoms with Crippen molar-refractivity contribution in [3.63, 3.8) is 0 Å². The van der Waals surface area contributed by atoms with Crippen molar-refractivity contribution in [1.29, 1.82) is 0 Å². The molecule has 0 aromatic heterocycles. The van der Waals surface area contributed by atoms with Crippen LogP contribution in [-0.2, 0) is 23.7 Å². The summed E-state index contributed by atoms with van der Waals surface area (Å²) in [6.07, 6.45) is 76.9. The van der Waals surface area contributed by atoms with Crippen LogP contribution in [0.5, 0.6) is 0 Å². The van der Waals surface area contributed by atoms with E-state index in [1.54, 1.807) is 6.08 Å². The number of aliphatic hydroxyl groups excluding tert-OH is 8. The van der Waals surface area contributed by atoms with Gasteiger partial charge in [-0.05, 0) is 96.3 Å². The molecular formula is C81H139NO13. The van der Waals surface area contributed by atoms with Crippen molar-refractivity contribution < 1.29 is 64.6 Å². The lowest BCUT2D eigenvalue weighted by molar-refractivity contribution is -0.359. The van der Waals surface area contributed by atoms with Gasteiger partial charge in [0.05, 0.1) is 32.0 Å². The highest BCUT2D eigenvalue weighted by molar-refractivity contribution is 5.76. The molecule has 2 fully saturated rings. The molecular weight excluding hydrogens is 1190 g/mol. The molecule has 0 bridgehead atoms. The number of ether oxygens (including phenoxy) is 4. The number of rotatable bonds is 62. The predicted molar refractivity (Wildman–Crippen MR) is 392 cm³/mol. The van der Waals surface area contributed by atoms with E-state index in [0.717, 1.165) is 89.9 Å². The summed E-state index contributed by atoms with van der Waals surface area (Å²) in [6, 6.07) is -0.940. The van der Waals surface area contributed by atoms with Gasteiger partial charge < -0.3 is 65.1 Å². The van der Waals surface area contributed by atoms with E-state index < -0.39 is 86.8 Å². The fourth-order valence-electron chi connectivity index (χ4n) is 11.9. The van der Waals surface area contributed by atoms with E-state index in [0.29, 0.717) is 12.8 Å². The summed E-state index contributed by atoms with van der Waals surface area (Å²) >= 11 is 0. The molecule has 14 nitrogen and oxygen atoms in total. The van der Waals surface area contributed by atoms with Crippen LogP contribution in [0.1, 0.15) is 290 Å². The number of hydrogen-bond acceptors (Lipinski definition) is 13. The molecule has 2 saturated heterocycles. The quantitative estimate of drug-likeness (QED) is 0.0204. The van der Waals surface area contributed by atoms with Crippen molar-refractivity contribution in [2.75, 3.05) is 19.8 Å². The highest BCUT2D eigenvalue weighted by Gasteiger charge is 2.51. The number of hydrogen-bond donors (Lipinski definition) is 9. The first-order chi connectivity index (χ1) is 46.6. The first kappa shape index (κ1) is 87.5. The Kier molecular flexibility index (Phi) is 58.8. The number of nitrogens with one attached hydrogen (secondary N) is 1. The minimum atomic E-state index is -1.80. The molecule has 546 valence electrons. The highest BCUT2D eigenvalue weighted by atomic mass is 16.7. The summed E-state index contributed by atoms with van der Waals surface area (Å²) in [6.45, 7) is 2.69. The van der Waals surface area contributed by atoms with Gasteiger partial charge >= 0.3 is 0 Å². The molecule has 2 rings (SSSR count). The van der Waals surface area contributed by atoms with Gasteiger partial charge in [-0.15, -0.1) is 0 Å². The average molecular weight is 1330 g/mol. The molecule has 2 heterocycles. The molecule has 0 aliphatic carbocycles. The van der Waals surface area contributed by atoms with E-state index >= 15 is 0 Å². The van der Waals surface area contributed by atoms with E-state index in [1.165, 1.54) is 167 Å². The Morgan fingerprint density at radius 3 is 1.16 bits per heavy atom. The molecule has 2 aliphatic heterocycles. The molecule has 0 spiro atoms. The highest BCUT2D eigenvalue weighted by Crippen LogP contribution is 2.30. The monoisotopic (exact) mass is 1330 g/mol. The number of carbonyl (C=O) groups is 1. The molecule has 0 radical (unpaired) electrons. The SMILES string of the molecule is CC/C=C\C/C=C\C/C=C\C/C=C\C/C=C\C/C=C\C/C=C\C/C=C\CCCCCCCCCCCCCCCCC(=O)NC(COC1OC(CO)C(OC2OC(CO)C(O)C(O)C2O)C(O)C1O)C(O)/C=C/CC/C=C/CCCCCCCCCCCCCCCCCC. The van der Waals surface area contributed by atoms with Crippen LogP contribution in [0.15, 0.2) is 122 Å². The second-order valence-corrected chi connectivity index (χ2v) is 26.4. The van der Waals surface area contributed by atoms with E-state index in [-0.39, 0.29) is 18.9 Å². The molecule has 2 aliphatic rings. The minimum Gasteiger partial charge on any atom is -0.394 e. The zero-order valence-electron chi connectivity index (χ0n) is 59.6. The van der Waals surface area contributed by atoms with Crippen LogP contribution in [0.3, 0.4) is 0 Å². The van der Waals surface area contributed by atoms with Crippen molar-refractivity contribution in [3.8, 4) is 0 Å². The summed E-state index contributed by atoms with van der Waals surface area (Å²) in [4.78, 5) is 13.4. The Bertz CT molecular complexity index is 2060. The maximum Gasteiger partial charge on any atom is 0.220 e. The number of carbonyl (C=O) groups excluding carboxylic acids is 1. The van der Waals surface area contributed by atoms with Gasteiger partial charge in [0.15, 0.2) is 12.6 Å². The summed E-state index contributed by atoms with van der Waals surface area (Å²) in [7, 11) is 0. The largest absolute Gasteiger partial charge is 0.394 e. The van der Waals surface area contributed by atoms with Gasteiger partial charge in [-0.25, -0.2) is 0 Å². The van der Waals surface area contributed by atoms with Gasteiger partial charge in [-0.2, -0.15) is 0 Å². The topological polar surface area (TPSA) is 228 Å². The Labute approximate surface area is 578 Å². The Morgan fingerprint density at radius 1 is 0.389 bits per heavy atom. The predicted octanol–water partition coefficient (Wildman–Crippen LogP) is 16.8. The van der Waals surface area contributed by atoms with Crippen LogP contribution in [0, 0.1) is 0 Å². The van der Waals surface area contributed by atoms with E-state index in [9.17, 15) is 45.6 Å². The zero-order valence-corrected chi connectivity index (χ0v) is 59.6. The molecule has 1 amide bonds. The molecule has 95 heavy (non-hydrogen) atoms. The summed E-state index contributed by atoms with van der Waals surface area (Å²) in [5, 5.41) is 87.5. The van der Waals surface area contributed by atoms with Crippen LogP contribution in [0.4, 0.5) is 0 Å². The van der Waals surface area contributed by atoms with Gasteiger partial charge in [0, 0.05) is 6.42 Å². The molecule has 0 saturated carbocycles. The van der Waals surface area contributed by atoms with Crippen LogP contribution < -0.4 is 5.32 Å². The lowest BCUT2D eigenvalue weighted by Crippen LogP contribution is -2.65. The fraction of sp³-hybridized carbons (Fsp3) is 0.741. The van der Waals surface area contributed by atoms with Crippen molar-refractivity contribution in [1.82, 2.24) is 5.32 Å². The smallest absolute Gasteiger partial charge is 0.220 e. The second kappa shape index (κ2) is 63.8.